The number of hydrogen-bond acceptors (Lipinski definition) is 4. The molecule has 5 N–H and O–H groups in total. The third-order valence-corrected chi connectivity index (χ3v) is 3.70. The second kappa shape index (κ2) is 5.64. The number of nitrogen functional groups attached to an aromatic ring is 1. The Kier molecular flexibility index (Phi) is 4.24. The number of nitrogens with two attached hydrogens (primary N) is 1. The third-order valence-electron chi connectivity index (χ3n) is 3.70. The van der Waals surface area contributed by atoms with Crippen molar-refractivity contribution in [3.63, 3.8) is 0 Å². The van der Waals surface area contributed by atoms with Crippen LogP contribution in [0.25, 0.3) is 10.9 Å². The Morgan fingerprint density at radius 1 is 1.29 bits per heavy atom. The molecule has 0 fully saturated rings. The first kappa shape index (κ1) is 15.8. The van der Waals surface area contributed by atoms with E-state index in [1.54, 1.807) is 0 Å². The van der Waals surface area contributed by atoms with Gasteiger partial charge in [0, 0.05) is 28.8 Å². The molecule has 1 aliphatic carbocycles. The Morgan fingerprint density at radius 2 is 1.90 bits per heavy atom. The highest BCUT2D eigenvalue weighted by Crippen LogP contribution is 2.34. The van der Waals surface area contributed by atoms with Crippen LogP contribution in [0, 0.1) is 0 Å². The minimum absolute atomic E-state index is 0.566. The molecule has 3 rings (SSSR count). The number of aromatic amines is 1. The lowest BCUT2D eigenvalue weighted by molar-refractivity contribution is 0.288. The summed E-state index contributed by atoms with van der Waals surface area (Å²) in [6.45, 7) is 0. The summed E-state index contributed by atoms with van der Waals surface area (Å²) in [4.78, 5) is 5.62. The largest absolute Gasteiger partial charge is 0.398 e. The van der Waals surface area contributed by atoms with Gasteiger partial charge in [-0.15, -0.1) is 0 Å². The van der Waals surface area contributed by atoms with E-state index in [9.17, 15) is 0 Å². The zero-order chi connectivity index (χ0) is 15.8. The van der Waals surface area contributed by atoms with Crippen LogP contribution in [0.3, 0.4) is 0 Å². The summed E-state index contributed by atoms with van der Waals surface area (Å²) in [6.07, 6.45) is 4.30. The number of nitrogens with one attached hydrogen (secondary N) is 1. The summed E-state index contributed by atoms with van der Waals surface area (Å²) < 4.78 is 31.6. The van der Waals surface area contributed by atoms with E-state index in [0.29, 0.717) is 6.04 Å². The minimum Gasteiger partial charge on any atom is -0.398 e. The molecule has 0 aliphatic heterocycles. The van der Waals surface area contributed by atoms with E-state index in [0.717, 1.165) is 18.5 Å². The summed E-state index contributed by atoms with van der Waals surface area (Å²) in [5, 5.41) is 1.36. The minimum atomic E-state index is -4.67. The van der Waals surface area contributed by atoms with Crippen LogP contribution >= 0.6 is 0 Å². The van der Waals surface area contributed by atoms with E-state index in [-0.39, 0.29) is 0 Å². The molecule has 116 valence electrons. The molecule has 8 heteroatoms. The van der Waals surface area contributed by atoms with Crippen LogP contribution in [0.5, 0.6) is 0 Å². The molecule has 1 heterocycles. The van der Waals surface area contributed by atoms with Gasteiger partial charge in [0.15, 0.2) is 0 Å². The first-order chi connectivity index (χ1) is 9.66. The van der Waals surface area contributed by atoms with Crippen molar-refractivity contribution >= 4 is 27.0 Å². The molecule has 0 saturated carbocycles. The first-order valence-corrected chi connectivity index (χ1v) is 7.80. The SMILES string of the molecule is CN(C)C1Cc2c[nH]c3ccc(N)c(c23)C1.O=S(=O)(O)O. The van der Waals surface area contributed by atoms with Gasteiger partial charge in [-0.2, -0.15) is 8.42 Å². The van der Waals surface area contributed by atoms with Crippen molar-refractivity contribution in [1.82, 2.24) is 9.88 Å². The van der Waals surface area contributed by atoms with Gasteiger partial charge in [-0.25, -0.2) is 0 Å². The fourth-order valence-electron chi connectivity index (χ4n) is 2.70. The predicted molar refractivity (Wildman–Crippen MR) is 81.8 cm³/mol. The van der Waals surface area contributed by atoms with E-state index < -0.39 is 10.4 Å². The predicted octanol–water partition coefficient (Wildman–Crippen LogP) is 1.13. The van der Waals surface area contributed by atoms with Crippen LogP contribution in [-0.4, -0.2) is 47.5 Å². The van der Waals surface area contributed by atoms with E-state index in [1.165, 1.54) is 22.0 Å². The standard InChI is InChI=1S/C13H17N3.H2O4S/c1-16(2)9-5-8-7-15-12-4-3-11(14)10(6-9)13(8)12;1-5(2,3)4/h3-4,7,9,15H,5-6,14H2,1-2H3;(H2,1,2,3,4). The molecule has 2 aromatic rings. The Hall–Kier alpha value is -1.61. The molecule has 1 aromatic heterocycles. The van der Waals surface area contributed by atoms with Crippen molar-refractivity contribution in [2.75, 3.05) is 19.8 Å². The zero-order valence-corrected chi connectivity index (χ0v) is 12.7. The fraction of sp³-hybridized carbons (Fsp3) is 0.385. The average Bonchev–Trinajstić information content (AvgIpc) is 2.75. The molecule has 0 spiro atoms. The van der Waals surface area contributed by atoms with Gasteiger partial charge in [0.25, 0.3) is 0 Å². The van der Waals surface area contributed by atoms with Crippen molar-refractivity contribution in [3.8, 4) is 0 Å². The van der Waals surface area contributed by atoms with Gasteiger partial charge >= 0.3 is 10.4 Å². The van der Waals surface area contributed by atoms with Crippen molar-refractivity contribution < 1.29 is 17.5 Å². The maximum absolute atomic E-state index is 8.74. The van der Waals surface area contributed by atoms with Gasteiger partial charge in [0.2, 0.25) is 0 Å². The maximum atomic E-state index is 8.74. The number of likely N-dealkylation sites (N-methyl/N-ethyl adjacent to an activating group) is 1. The molecule has 1 aliphatic rings. The number of H-pyrrole nitrogens is 1. The lowest BCUT2D eigenvalue weighted by Crippen LogP contribution is -2.34. The Bertz CT molecular complexity index is 744. The molecule has 1 unspecified atom stereocenters. The molecule has 7 nitrogen and oxygen atoms in total. The van der Waals surface area contributed by atoms with Gasteiger partial charge < -0.3 is 15.6 Å². The number of nitrogens with zero attached hydrogens (tertiary/aromatic N) is 1. The highest BCUT2D eigenvalue weighted by Gasteiger charge is 2.24. The summed E-state index contributed by atoms with van der Waals surface area (Å²) in [5.41, 5.74) is 11.0. The highest BCUT2D eigenvalue weighted by molar-refractivity contribution is 7.79. The highest BCUT2D eigenvalue weighted by atomic mass is 32.3. The molecule has 1 aromatic carbocycles. The second-order valence-corrected chi connectivity index (χ2v) is 6.24. The van der Waals surface area contributed by atoms with Gasteiger partial charge in [-0.3, -0.25) is 9.11 Å². The van der Waals surface area contributed by atoms with E-state index in [4.69, 9.17) is 23.3 Å². The molecule has 0 bridgehead atoms. The monoisotopic (exact) mass is 313 g/mol. The number of benzene rings is 1. The van der Waals surface area contributed by atoms with Gasteiger partial charge in [0.1, 0.15) is 0 Å². The Labute approximate surface area is 123 Å². The average molecular weight is 313 g/mol. The molecule has 0 amide bonds. The van der Waals surface area contributed by atoms with E-state index >= 15 is 0 Å². The summed E-state index contributed by atoms with van der Waals surface area (Å²) in [5.74, 6) is 0. The Balaban J connectivity index is 0.000000282. The van der Waals surface area contributed by atoms with Crippen LogP contribution in [0.4, 0.5) is 5.69 Å². The number of hydrogen-bond donors (Lipinski definition) is 4. The summed E-state index contributed by atoms with van der Waals surface area (Å²) in [7, 11) is -0.392. The van der Waals surface area contributed by atoms with Crippen LogP contribution < -0.4 is 5.73 Å². The van der Waals surface area contributed by atoms with Crippen LogP contribution in [0.2, 0.25) is 0 Å². The zero-order valence-electron chi connectivity index (χ0n) is 11.9. The van der Waals surface area contributed by atoms with E-state index in [2.05, 4.69) is 36.2 Å². The van der Waals surface area contributed by atoms with Crippen LogP contribution in [0.1, 0.15) is 11.1 Å². The molecular formula is C13H19N3O4S. The van der Waals surface area contributed by atoms with Gasteiger partial charge in [0.05, 0.1) is 0 Å². The number of rotatable bonds is 1. The third kappa shape index (κ3) is 3.73. The van der Waals surface area contributed by atoms with Crippen molar-refractivity contribution in [3.05, 3.63) is 29.5 Å². The summed E-state index contributed by atoms with van der Waals surface area (Å²) in [6, 6.07) is 4.65. The second-order valence-electron chi connectivity index (χ2n) is 5.34. The van der Waals surface area contributed by atoms with Crippen LogP contribution in [0.15, 0.2) is 18.3 Å². The Morgan fingerprint density at radius 3 is 2.48 bits per heavy atom. The van der Waals surface area contributed by atoms with Gasteiger partial charge in [-0.05, 0) is 50.2 Å². The van der Waals surface area contributed by atoms with Crippen molar-refractivity contribution in [2.24, 2.45) is 0 Å². The van der Waals surface area contributed by atoms with Crippen molar-refractivity contribution in [1.29, 1.82) is 0 Å². The topological polar surface area (TPSA) is 120 Å². The van der Waals surface area contributed by atoms with Crippen LogP contribution in [-0.2, 0) is 23.2 Å². The van der Waals surface area contributed by atoms with Gasteiger partial charge in [-0.1, -0.05) is 0 Å². The lowest BCUT2D eigenvalue weighted by atomic mass is 9.88. The maximum Gasteiger partial charge on any atom is 0.394 e. The smallest absolute Gasteiger partial charge is 0.394 e. The molecular weight excluding hydrogens is 294 g/mol. The normalized spacial score (nSPS) is 17.7. The number of anilines is 1. The molecule has 0 saturated heterocycles. The summed E-state index contributed by atoms with van der Waals surface area (Å²) >= 11 is 0. The quantitative estimate of drug-likeness (QED) is 0.463. The van der Waals surface area contributed by atoms with Crippen molar-refractivity contribution in [2.45, 2.75) is 18.9 Å². The lowest BCUT2D eigenvalue weighted by Gasteiger charge is -2.29. The molecule has 1 atom stereocenters. The molecule has 21 heavy (non-hydrogen) atoms. The fourth-order valence-corrected chi connectivity index (χ4v) is 2.70. The van der Waals surface area contributed by atoms with E-state index in [1.807, 2.05) is 6.07 Å². The first-order valence-electron chi connectivity index (χ1n) is 6.40. The molecule has 0 radical (unpaired) electrons. The number of aromatic nitrogens is 1.